The molecule has 3 heterocycles. The zero-order valence-electron chi connectivity index (χ0n) is 22.9. The van der Waals surface area contributed by atoms with E-state index >= 15 is 0 Å². The van der Waals surface area contributed by atoms with Crippen LogP contribution in [-0.4, -0.2) is 30.1 Å². The van der Waals surface area contributed by atoms with Crippen molar-refractivity contribution in [3.05, 3.63) is 111 Å². The predicted molar refractivity (Wildman–Crippen MR) is 148 cm³/mol. The van der Waals surface area contributed by atoms with Crippen LogP contribution < -0.4 is 5.56 Å². The lowest BCUT2D eigenvalue weighted by atomic mass is 9.98. The van der Waals surface area contributed by atoms with Crippen LogP contribution >= 0.6 is 0 Å². The summed E-state index contributed by atoms with van der Waals surface area (Å²) in [6, 6.07) is 15.5. The van der Waals surface area contributed by atoms with E-state index in [4.69, 9.17) is 4.42 Å². The average molecular weight is 529 g/mol. The first kappa shape index (κ1) is 26.5. The first-order valence-electron chi connectivity index (χ1n) is 13.1. The Morgan fingerprint density at radius 2 is 1.87 bits per heavy atom. The third-order valence-corrected chi connectivity index (χ3v) is 7.40. The molecule has 0 amide bonds. The molecule has 0 aliphatic rings. The van der Waals surface area contributed by atoms with Gasteiger partial charge in [0, 0.05) is 12.1 Å². The van der Waals surface area contributed by atoms with Crippen molar-refractivity contribution < 1.29 is 8.81 Å². The van der Waals surface area contributed by atoms with Gasteiger partial charge in [-0.25, -0.2) is 9.07 Å². The van der Waals surface area contributed by atoms with E-state index in [1.165, 1.54) is 12.1 Å². The molecule has 0 fully saturated rings. The molecule has 39 heavy (non-hydrogen) atoms. The second-order valence-corrected chi connectivity index (χ2v) is 10.7. The number of H-pyrrole nitrogens is 1. The fourth-order valence-corrected chi connectivity index (χ4v) is 5.02. The van der Waals surface area contributed by atoms with Crippen molar-refractivity contribution in [2.75, 3.05) is 0 Å². The number of furan rings is 1. The molecule has 0 saturated carbocycles. The van der Waals surface area contributed by atoms with Gasteiger partial charge in [0.2, 0.25) is 0 Å². The van der Waals surface area contributed by atoms with Gasteiger partial charge in [-0.1, -0.05) is 30.7 Å². The summed E-state index contributed by atoms with van der Waals surface area (Å²) in [5.74, 6) is 0.961. The summed E-state index contributed by atoms with van der Waals surface area (Å²) >= 11 is 0. The number of halogens is 1. The monoisotopic (exact) mass is 528 g/mol. The fraction of sp³-hybridized carbons (Fsp3) is 0.333. The quantitative estimate of drug-likeness (QED) is 0.260. The van der Waals surface area contributed by atoms with Crippen molar-refractivity contribution in [3.8, 4) is 0 Å². The van der Waals surface area contributed by atoms with E-state index < -0.39 is 11.6 Å². The van der Waals surface area contributed by atoms with Crippen LogP contribution in [0.3, 0.4) is 0 Å². The number of nitrogens with one attached hydrogen (secondary N) is 1. The van der Waals surface area contributed by atoms with Crippen molar-refractivity contribution in [1.82, 2.24) is 30.1 Å². The molecule has 5 rings (SSSR count). The molecule has 0 unspecified atom stereocenters. The van der Waals surface area contributed by atoms with Crippen molar-refractivity contribution in [1.29, 1.82) is 0 Å². The van der Waals surface area contributed by atoms with E-state index in [2.05, 4.69) is 58.3 Å². The van der Waals surface area contributed by atoms with Crippen LogP contribution in [0.2, 0.25) is 0 Å². The lowest BCUT2D eigenvalue weighted by Gasteiger charge is -2.33. The molecule has 0 aliphatic carbocycles. The third-order valence-electron chi connectivity index (χ3n) is 7.40. The van der Waals surface area contributed by atoms with E-state index in [0.29, 0.717) is 24.5 Å². The van der Waals surface area contributed by atoms with Gasteiger partial charge in [-0.2, -0.15) is 0 Å². The Labute approximate surface area is 226 Å². The molecule has 9 heteroatoms. The maximum absolute atomic E-state index is 13.8. The molecule has 3 aromatic heterocycles. The topological polar surface area (TPSA) is 92.8 Å². The van der Waals surface area contributed by atoms with Gasteiger partial charge in [-0.15, -0.1) is 5.10 Å². The number of benzene rings is 2. The zero-order valence-corrected chi connectivity index (χ0v) is 22.9. The molecule has 1 N–H and O–H groups in total. The highest BCUT2D eigenvalue weighted by molar-refractivity contribution is 5.83. The minimum absolute atomic E-state index is 0.216. The van der Waals surface area contributed by atoms with Crippen molar-refractivity contribution >= 4 is 10.9 Å². The van der Waals surface area contributed by atoms with E-state index in [-0.39, 0.29) is 11.4 Å². The normalized spacial score (nSPS) is 12.9. The predicted octanol–water partition coefficient (Wildman–Crippen LogP) is 5.80. The Morgan fingerprint density at radius 3 is 2.56 bits per heavy atom. The minimum atomic E-state index is -0.630. The summed E-state index contributed by atoms with van der Waals surface area (Å²) in [5.41, 5.74) is 3.69. The maximum atomic E-state index is 13.8. The molecule has 8 nitrogen and oxygen atoms in total. The lowest BCUT2D eigenvalue weighted by molar-refractivity contribution is 0.168. The molecule has 1 atom stereocenters. The number of aromatic nitrogens is 5. The van der Waals surface area contributed by atoms with Crippen LogP contribution in [0.4, 0.5) is 4.39 Å². The van der Waals surface area contributed by atoms with Gasteiger partial charge >= 0.3 is 0 Å². The molecular formula is C30H33FN6O2. The van der Waals surface area contributed by atoms with Crippen molar-refractivity contribution in [3.63, 3.8) is 0 Å². The first-order valence-corrected chi connectivity index (χ1v) is 13.1. The Hall–Kier alpha value is -4.11. The standard InChI is InChI=1S/C30H33FN6O2/c1-6-30(4,5)37-28(33-34-35-37)27(25-16-22-15-19(2)14-20(3)26(22)32-29(25)38)36(18-24-8-7-13-39-24)17-21-9-11-23(31)12-10-21/h7-16,27H,6,17-18H2,1-5H3,(H,32,38)/t27-/m1/s1. The Kier molecular flexibility index (Phi) is 7.18. The highest BCUT2D eigenvalue weighted by atomic mass is 19.1. The van der Waals surface area contributed by atoms with Crippen LogP contribution in [0.1, 0.15) is 67.1 Å². The first-order chi connectivity index (χ1) is 18.7. The molecule has 0 radical (unpaired) electrons. The summed E-state index contributed by atoms with van der Waals surface area (Å²) < 4.78 is 21.3. The number of hydrogen-bond donors (Lipinski definition) is 1. The van der Waals surface area contributed by atoms with E-state index in [0.717, 1.165) is 39.8 Å². The number of tetrazole rings is 1. The van der Waals surface area contributed by atoms with Crippen molar-refractivity contribution in [2.45, 2.75) is 65.7 Å². The summed E-state index contributed by atoms with van der Waals surface area (Å²) in [6.07, 6.45) is 2.40. The molecule has 0 saturated heterocycles. The molecular weight excluding hydrogens is 495 g/mol. The molecule has 5 aromatic rings. The van der Waals surface area contributed by atoms with E-state index in [1.54, 1.807) is 18.4 Å². The van der Waals surface area contributed by atoms with E-state index in [1.807, 2.05) is 36.7 Å². The smallest absolute Gasteiger partial charge is 0.253 e. The largest absolute Gasteiger partial charge is 0.468 e. The number of aromatic amines is 1. The summed E-state index contributed by atoms with van der Waals surface area (Å²) in [5, 5.41) is 13.8. The van der Waals surface area contributed by atoms with Crippen LogP contribution in [-0.2, 0) is 18.6 Å². The molecule has 2 aromatic carbocycles. The Balaban J connectivity index is 1.75. The highest BCUT2D eigenvalue weighted by Crippen LogP contribution is 2.33. The lowest BCUT2D eigenvalue weighted by Crippen LogP contribution is -2.38. The number of rotatable bonds is 9. The zero-order chi connectivity index (χ0) is 27.7. The van der Waals surface area contributed by atoms with Crippen LogP contribution in [0.25, 0.3) is 10.9 Å². The highest BCUT2D eigenvalue weighted by Gasteiger charge is 2.35. The second kappa shape index (κ2) is 10.6. The Morgan fingerprint density at radius 1 is 1.10 bits per heavy atom. The molecule has 0 bridgehead atoms. The SMILES string of the molecule is CCC(C)(C)n1nnnc1[C@@H](c1cc2cc(C)cc(C)c2[nH]c1=O)N(Cc1ccc(F)cc1)Cc1ccco1. The Bertz CT molecular complexity index is 1640. The van der Waals surface area contributed by atoms with Crippen LogP contribution in [0.5, 0.6) is 0 Å². The van der Waals surface area contributed by atoms with Gasteiger partial charge in [-0.05, 0) is 97.5 Å². The van der Waals surface area contributed by atoms with Crippen LogP contribution in [0, 0.1) is 19.7 Å². The second-order valence-electron chi connectivity index (χ2n) is 10.7. The van der Waals surface area contributed by atoms with E-state index in [9.17, 15) is 9.18 Å². The van der Waals surface area contributed by atoms with Gasteiger partial charge in [0.25, 0.3) is 5.56 Å². The average Bonchev–Trinajstić information content (AvgIpc) is 3.59. The van der Waals surface area contributed by atoms with Crippen LogP contribution in [0.15, 0.2) is 70.1 Å². The maximum Gasteiger partial charge on any atom is 0.253 e. The number of nitrogens with zero attached hydrogens (tertiary/aromatic N) is 5. The number of hydrogen-bond acceptors (Lipinski definition) is 6. The third kappa shape index (κ3) is 5.40. The van der Waals surface area contributed by atoms with Gasteiger partial charge in [0.05, 0.1) is 23.9 Å². The molecule has 202 valence electrons. The molecule has 0 spiro atoms. The van der Waals surface area contributed by atoms with Crippen molar-refractivity contribution in [2.24, 2.45) is 0 Å². The minimum Gasteiger partial charge on any atom is -0.468 e. The van der Waals surface area contributed by atoms with Gasteiger partial charge < -0.3 is 9.40 Å². The summed E-state index contributed by atoms with van der Waals surface area (Å²) in [7, 11) is 0. The number of aryl methyl sites for hydroxylation is 2. The summed E-state index contributed by atoms with van der Waals surface area (Å²) in [6.45, 7) is 11.0. The van der Waals surface area contributed by atoms with Gasteiger partial charge in [0.1, 0.15) is 17.6 Å². The summed E-state index contributed by atoms with van der Waals surface area (Å²) in [4.78, 5) is 19.0. The number of fused-ring (bicyclic) bond motifs is 1. The van der Waals surface area contributed by atoms with Gasteiger partial charge in [-0.3, -0.25) is 9.69 Å². The fourth-order valence-electron chi connectivity index (χ4n) is 5.02. The number of pyridine rings is 1. The van der Waals surface area contributed by atoms with Gasteiger partial charge in [0.15, 0.2) is 5.82 Å². The molecule has 0 aliphatic heterocycles.